The first kappa shape index (κ1) is 21.5. The summed E-state index contributed by atoms with van der Waals surface area (Å²) in [6, 6.07) is 6.71. The van der Waals surface area contributed by atoms with E-state index in [1.165, 1.54) is 31.2 Å². The lowest BCUT2D eigenvalue weighted by Crippen LogP contribution is -2.41. The predicted molar refractivity (Wildman–Crippen MR) is 96.3 cm³/mol. The van der Waals surface area contributed by atoms with E-state index in [1.807, 2.05) is 0 Å². The molecule has 2 aromatic rings. The van der Waals surface area contributed by atoms with E-state index in [-0.39, 0.29) is 14.9 Å². The van der Waals surface area contributed by atoms with E-state index in [0.29, 0.717) is 0 Å². The van der Waals surface area contributed by atoms with E-state index >= 15 is 0 Å². The number of carbonyl (C=O) groups excluding carboxylic acids is 1. The molecule has 0 saturated heterocycles. The van der Waals surface area contributed by atoms with Crippen LogP contribution in [0, 0.1) is 0 Å². The molecule has 2 aromatic carbocycles. The van der Waals surface area contributed by atoms with Crippen molar-refractivity contribution >= 4 is 44.8 Å². The molecule has 27 heavy (non-hydrogen) atoms. The summed E-state index contributed by atoms with van der Waals surface area (Å²) in [6.45, 7) is 1.18. The molecule has 11 heteroatoms. The molecule has 0 aromatic heterocycles. The monoisotopic (exact) mass is 440 g/mol. The van der Waals surface area contributed by atoms with Gasteiger partial charge in [-0.15, -0.1) is 0 Å². The Bertz CT molecular complexity index is 966. The quantitative estimate of drug-likeness (QED) is 0.726. The van der Waals surface area contributed by atoms with Crippen LogP contribution in [-0.4, -0.2) is 20.4 Å². The van der Waals surface area contributed by atoms with Gasteiger partial charge in [-0.3, -0.25) is 4.79 Å². The van der Waals surface area contributed by atoms with E-state index < -0.39 is 39.4 Å². The molecular formula is C16H13Cl2F3N2O3S. The van der Waals surface area contributed by atoms with Gasteiger partial charge in [-0.25, -0.2) is 8.42 Å². The third-order valence-corrected chi connectivity index (χ3v) is 5.66. The van der Waals surface area contributed by atoms with Crippen LogP contribution in [0.3, 0.4) is 0 Å². The van der Waals surface area contributed by atoms with Crippen LogP contribution in [0.2, 0.25) is 10.0 Å². The summed E-state index contributed by atoms with van der Waals surface area (Å²) in [5.41, 5.74) is -1.53. The molecule has 0 fully saturated rings. The summed E-state index contributed by atoms with van der Waals surface area (Å²) in [5, 5.41) is 2.06. The molecule has 0 aliphatic heterocycles. The van der Waals surface area contributed by atoms with Gasteiger partial charge >= 0.3 is 6.18 Å². The van der Waals surface area contributed by atoms with Crippen molar-refractivity contribution in [2.24, 2.45) is 0 Å². The molecule has 0 heterocycles. The molecule has 1 atom stereocenters. The Morgan fingerprint density at radius 1 is 1.11 bits per heavy atom. The van der Waals surface area contributed by atoms with Crippen LogP contribution in [-0.2, 0) is 21.0 Å². The topological polar surface area (TPSA) is 75.3 Å². The lowest BCUT2D eigenvalue weighted by atomic mass is 10.1. The largest absolute Gasteiger partial charge is 0.418 e. The first-order valence-electron chi connectivity index (χ1n) is 7.36. The molecule has 0 aliphatic carbocycles. The molecule has 0 saturated carbocycles. The summed E-state index contributed by atoms with van der Waals surface area (Å²) < 4.78 is 65.8. The Labute approximate surface area is 163 Å². The number of halogens is 5. The molecule has 0 radical (unpaired) electrons. The molecule has 2 rings (SSSR count). The highest BCUT2D eigenvalue weighted by atomic mass is 35.5. The van der Waals surface area contributed by atoms with Crippen molar-refractivity contribution < 1.29 is 26.4 Å². The smallest absolute Gasteiger partial charge is 0.324 e. The molecule has 1 amide bonds. The Hall–Kier alpha value is -1.81. The zero-order valence-electron chi connectivity index (χ0n) is 13.6. The molecule has 5 nitrogen and oxygen atoms in total. The third kappa shape index (κ3) is 5.35. The molecular weight excluding hydrogens is 428 g/mol. The van der Waals surface area contributed by atoms with Gasteiger partial charge in [0.25, 0.3) is 0 Å². The Balaban J connectivity index is 2.21. The van der Waals surface area contributed by atoms with Gasteiger partial charge in [0.05, 0.1) is 22.3 Å². The highest BCUT2D eigenvalue weighted by Crippen LogP contribution is 2.34. The minimum atomic E-state index is -4.68. The van der Waals surface area contributed by atoms with Gasteiger partial charge < -0.3 is 5.32 Å². The second-order valence-corrected chi connectivity index (χ2v) is 7.98. The summed E-state index contributed by atoms with van der Waals surface area (Å²) in [4.78, 5) is 11.8. The number of benzene rings is 2. The van der Waals surface area contributed by atoms with Crippen molar-refractivity contribution in [1.29, 1.82) is 0 Å². The summed E-state index contributed by atoms with van der Waals surface area (Å²) in [5.74, 6) is -0.978. The van der Waals surface area contributed by atoms with Gasteiger partial charge in [-0.05, 0) is 37.3 Å². The van der Waals surface area contributed by atoms with Crippen molar-refractivity contribution in [3.05, 3.63) is 58.1 Å². The van der Waals surface area contributed by atoms with Crippen molar-refractivity contribution in [1.82, 2.24) is 4.72 Å². The second kappa shape index (κ2) is 8.05. The van der Waals surface area contributed by atoms with E-state index in [9.17, 15) is 26.4 Å². The van der Waals surface area contributed by atoms with E-state index in [4.69, 9.17) is 23.2 Å². The number of hydrogen-bond donors (Lipinski definition) is 2. The minimum absolute atomic E-state index is 0.107. The van der Waals surface area contributed by atoms with Crippen LogP contribution in [0.1, 0.15) is 12.5 Å². The number of alkyl halides is 3. The van der Waals surface area contributed by atoms with Gasteiger partial charge in [-0.1, -0.05) is 35.3 Å². The van der Waals surface area contributed by atoms with E-state index in [1.54, 1.807) is 0 Å². The van der Waals surface area contributed by atoms with Crippen molar-refractivity contribution in [3.8, 4) is 0 Å². The first-order valence-corrected chi connectivity index (χ1v) is 9.60. The zero-order valence-corrected chi connectivity index (χ0v) is 16.0. The number of sulfonamides is 1. The Kier molecular flexibility index (Phi) is 6.41. The standard InChI is InChI=1S/C16H13Cl2F3N2O3S/c1-9(23-27(25,26)14-8-10(17)6-7-12(14)18)15(24)22-13-5-3-2-4-11(13)16(19,20)21/h2-9,23H,1H3,(H,22,24)/t9-/m1/s1. The van der Waals surface area contributed by atoms with Crippen molar-refractivity contribution in [3.63, 3.8) is 0 Å². The molecule has 146 valence electrons. The van der Waals surface area contributed by atoms with Gasteiger partial charge in [0, 0.05) is 5.02 Å². The fraction of sp³-hybridized carbons (Fsp3) is 0.188. The third-order valence-electron chi connectivity index (χ3n) is 3.40. The number of nitrogens with one attached hydrogen (secondary N) is 2. The minimum Gasteiger partial charge on any atom is -0.324 e. The molecule has 2 N–H and O–H groups in total. The zero-order chi connectivity index (χ0) is 20.4. The number of anilines is 1. The van der Waals surface area contributed by atoms with Gasteiger partial charge in [0.15, 0.2) is 0 Å². The van der Waals surface area contributed by atoms with Crippen LogP contribution in [0.25, 0.3) is 0 Å². The number of para-hydroxylation sites is 1. The highest BCUT2D eigenvalue weighted by molar-refractivity contribution is 7.89. The lowest BCUT2D eigenvalue weighted by molar-refractivity contribution is -0.137. The number of carbonyl (C=O) groups is 1. The SMILES string of the molecule is C[C@@H](NS(=O)(=O)c1cc(Cl)ccc1Cl)C(=O)Nc1ccccc1C(F)(F)F. The van der Waals surface area contributed by atoms with Crippen LogP contribution >= 0.6 is 23.2 Å². The van der Waals surface area contributed by atoms with E-state index in [0.717, 1.165) is 18.2 Å². The molecule has 0 unspecified atom stereocenters. The van der Waals surface area contributed by atoms with Gasteiger partial charge in [0.1, 0.15) is 4.90 Å². The Morgan fingerprint density at radius 3 is 2.37 bits per heavy atom. The maximum Gasteiger partial charge on any atom is 0.418 e. The van der Waals surface area contributed by atoms with Crippen LogP contribution < -0.4 is 10.0 Å². The fourth-order valence-corrected chi connectivity index (χ4v) is 4.08. The van der Waals surface area contributed by atoms with Crippen molar-refractivity contribution in [2.75, 3.05) is 5.32 Å². The van der Waals surface area contributed by atoms with E-state index in [2.05, 4.69) is 10.0 Å². The average molecular weight is 441 g/mol. The van der Waals surface area contributed by atoms with Crippen LogP contribution in [0.5, 0.6) is 0 Å². The van der Waals surface area contributed by atoms with Crippen LogP contribution in [0.4, 0.5) is 18.9 Å². The Morgan fingerprint density at radius 2 is 1.74 bits per heavy atom. The average Bonchev–Trinajstić information content (AvgIpc) is 2.56. The first-order chi connectivity index (χ1) is 12.4. The molecule has 0 bridgehead atoms. The summed E-state index contributed by atoms with van der Waals surface area (Å²) in [6.07, 6.45) is -4.68. The second-order valence-electron chi connectivity index (χ2n) is 5.45. The number of rotatable bonds is 5. The normalized spacial score (nSPS) is 13.3. The highest BCUT2D eigenvalue weighted by Gasteiger charge is 2.34. The number of amides is 1. The number of hydrogen-bond acceptors (Lipinski definition) is 3. The summed E-state index contributed by atoms with van der Waals surface area (Å²) in [7, 11) is -4.24. The maximum absolute atomic E-state index is 13.0. The molecule has 0 aliphatic rings. The fourth-order valence-electron chi connectivity index (χ4n) is 2.11. The maximum atomic E-state index is 13.0. The lowest BCUT2D eigenvalue weighted by Gasteiger charge is -2.17. The van der Waals surface area contributed by atoms with Gasteiger partial charge in [0.2, 0.25) is 15.9 Å². The van der Waals surface area contributed by atoms with Crippen LogP contribution in [0.15, 0.2) is 47.4 Å². The predicted octanol–water partition coefficient (Wildman–Crippen LogP) is 4.32. The van der Waals surface area contributed by atoms with Gasteiger partial charge in [-0.2, -0.15) is 17.9 Å². The van der Waals surface area contributed by atoms with Crippen molar-refractivity contribution in [2.45, 2.75) is 24.0 Å². The molecule has 0 spiro atoms. The summed E-state index contributed by atoms with van der Waals surface area (Å²) >= 11 is 11.6.